The maximum absolute atomic E-state index is 12.3. The van der Waals surface area contributed by atoms with E-state index >= 15 is 0 Å². The first kappa shape index (κ1) is 13.1. The summed E-state index contributed by atoms with van der Waals surface area (Å²) in [6, 6.07) is 7.85. The van der Waals surface area contributed by atoms with Gasteiger partial charge in [-0.3, -0.25) is 4.79 Å². The van der Waals surface area contributed by atoms with Crippen LogP contribution in [0.1, 0.15) is 18.4 Å². The maximum atomic E-state index is 12.3. The summed E-state index contributed by atoms with van der Waals surface area (Å²) < 4.78 is 10.3. The largest absolute Gasteiger partial charge is 0.385 e. The number of benzene rings is 1. The molecule has 1 aromatic carbocycles. The molecule has 1 aromatic rings. The van der Waals surface area contributed by atoms with Gasteiger partial charge < -0.3 is 14.8 Å². The van der Waals surface area contributed by atoms with Crippen molar-refractivity contribution < 1.29 is 14.3 Å². The van der Waals surface area contributed by atoms with Gasteiger partial charge in [0.1, 0.15) is 0 Å². The molecule has 1 aliphatic rings. The molecular weight excluding hydrogens is 230 g/mol. The number of para-hydroxylation sites is 1. The molecule has 0 fully saturated rings. The van der Waals surface area contributed by atoms with Crippen molar-refractivity contribution in [3.05, 3.63) is 29.8 Å². The highest BCUT2D eigenvalue weighted by Crippen LogP contribution is 2.42. The van der Waals surface area contributed by atoms with Gasteiger partial charge in [0, 0.05) is 33.1 Å². The lowest BCUT2D eigenvalue weighted by Crippen LogP contribution is -2.36. The molecule has 0 bridgehead atoms. The minimum Gasteiger partial charge on any atom is -0.385 e. The summed E-state index contributed by atoms with van der Waals surface area (Å²) in [5.74, 6) is 0.0535. The van der Waals surface area contributed by atoms with Gasteiger partial charge in [-0.2, -0.15) is 0 Å². The van der Waals surface area contributed by atoms with Crippen LogP contribution in [0, 0.1) is 0 Å². The molecular formula is C14H19NO3. The fourth-order valence-corrected chi connectivity index (χ4v) is 2.55. The fourth-order valence-electron chi connectivity index (χ4n) is 2.55. The summed E-state index contributed by atoms with van der Waals surface area (Å²) >= 11 is 0. The SMILES string of the molecule is COCCC1(CCOC)C(=O)Nc2ccccc21. The average molecular weight is 249 g/mol. The molecule has 0 atom stereocenters. The van der Waals surface area contributed by atoms with Crippen molar-refractivity contribution in [1.82, 2.24) is 0 Å². The molecule has 1 amide bonds. The Balaban J connectivity index is 2.35. The average Bonchev–Trinajstić information content (AvgIpc) is 2.67. The Morgan fingerprint density at radius 1 is 1.11 bits per heavy atom. The molecule has 1 heterocycles. The maximum Gasteiger partial charge on any atom is 0.235 e. The number of nitrogens with one attached hydrogen (secondary N) is 1. The number of hydrogen-bond donors (Lipinski definition) is 1. The van der Waals surface area contributed by atoms with Gasteiger partial charge >= 0.3 is 0 Å². The molecule has 0 aliphatic carbocycles. The van der Waals surface area contributed by atoms with Crippen LogP contribution in [-0.2, 0) is 19.7 Å². The molecule has 1 aliphatic heterocycles. The van der Waals surface area contributed by atoms with Gasteiger partial charge in [-0.05, 0) is 24.5 Å². The van der Waals surface area contributed by atoms with Crippen molar-refractivity contribution in [3.63, 3.8) is 0 Å². The third kappa shape index (κ3) is 2.13. The zero-order chi connectivity index (χ0) is 13.0. The van der Waals surface area contributed by atoms with Crippen LogP contribution in [-0.4, -0.2) is 33.3 Å². The third-order valence-electron chi connectivity index (χ3n) is 3.59. The molecule has 0 radical (unpaired) electrons. The number of anilines is 1. The molecule has 18 heavy (non-hydrogen) atoms. The Labute approximate surface area is 107 Å². The van der Waals surface area contributed by atoms with E-state index in [0.717, 1.165) is 11.3 Å². The zero-order valence-corrected chi connectivity index (χ0v) is 10.9. The van der Waals surface area contributed by atoms with Crippen LogP contribution < -0.4 is 5.32 Å². The number of methoxy groups -OCH3 is 2. The highest BCUT2D eigenvalue weighted by Gasteiger charge is 2.45. The van der Waals surface area contributed by atoms with Gasteiger partial charge in [0.15, 0.2) is 0 Å². The van der Waals surface area contributed by atoms with Crippen LogP contribution in [0.4, 0.5) is 5.69 Å². The topological polar surface area (TPSA) is 47.6 Å². The molecule has 1 N–H and O–H groups in total. The van der Waals surface area contributed by atoms with E-state index in [9.17, 15) is 4.79 Å². The van der Waals surface area contributed by atoms with Gasteiger partial charge in [-0.1, -0.05) is 18.2 Å². The minimum absolute atomic E-state index is 0.0535. The number of carbonyl (C=O) groups is 1. The number of amides is 1. The first-order valence-corrected chi connectivity index (χ1v) is 6.13. The number of fused-ring (bicyclic) bond motifs is 1. The molecule has 0 saturated heterocycles. The first-order valence-electron chi connectivity index (χ1n) is 6.13. The summed E-state index contributed by atoms with van der Waals surface area (Å²) in [6.07, 6.45) is 1.35. The predicted molar refractivity (Wildman–Crippen MR) is 69.7 cm³/mol. The van der Waals surface area contributed by atoms with Gasteiger partial charge in [-0.25, -0.2) is 0 Å². The van der Waals surface area contributed by atoms with Gasteiger partial charge in [0.25, 0.3) is 0 Å². The standard InChI is InChI=1S/C14H19NO3/c1-17-9-7-14(8-10-18-2)11-5-3-4-6-12(11)15-13(14)16/h3-6H,7-10H2,1-2H3,(H,15,16). The van der Waals surface area contributed by atoms with E-state index in [2.05, 4.69) is 5.32 Å². The second-order valence-corrected chi connectivity index (χ2v) is 4.57. The van der Waals surface area contributed by atoms with Crippen molar-refractivity contribution in [2.45, 2.75) is 18.3 Å². The van der Waals surface area contributed by atoms with E-state index in [0.29, 0.717) is 26.1 Å². The van der Waals surface area contributed by atoms with Crippen LogP contribution in [0.15, 0.2) is 24.3 Å². The second kappa shape index (κ2) is 5.50. The van der Waals surface area contributed by atoms with E-state index in [1.54, 1.807) is 14.2 Å². The summed E-state index contributed by atoms with van der Waals surface area (Å²) in [7, 11) is 3.31. The molecule has 0 aromatic heterocycles. The number of ether oxygens (including phenoxy) is 2. The van der Waals surface area contributed by atoms with Crippen molar-refractivity contribution in [1.29, 1.82) is 0 Å². The Kier molecular flexibility index (Phi) is 3.99. The summed E-state index contributed by atoms with van der Waals surface area (Å²) in [5, 5.41) is 2.96. The van der Waals surface area contributed by atoms with Crippen molar-refractivity contribution in [2.24, 2.45) is 0 Å². The fraction of sp³-hybridized carbons (Fsp3) is 0.500. The highest BCUT2D eigenvalue weighted by molar-refractivity contribution is 6.06. The van der Waals surface area contributed by atoms with Crippen molar-refractivity contribution in [2.75, 3.05) is 32.8 Å². The first-order chi connectivity index (χ1) is 8.74. The van der Waals surface area contributed by atoms with E-state index in [1.165, 1.54) is 0 Å². The van der Waals surface area contributed by atoms with E-state index in [-0.39, 0.29) is 5.91 Å². The van der Waals surface area contributed by atoms with Gasteiger partial charge in [0.2, 0.25) is 5.91 Å². The van der Waals surface area contributed by atoms with Crippen LogP contribution in [0.2, 0.25) is 0 Å². The minimum atomic E-state index is -0.511. The van der Waals surface area contributed by atoms with E-state index in [1.807, 2.05) is 24.3 Å². The van der Waals surface area contributed by atoms with Crippen molar-refractivity contribution in [3.8, 4) is 0 Å². The smallest absolute Gasteiger partial charge is 0.235 e. The normalized spacial score (nSPS) is 16.4. The Morgan fingerprint density at radius 3 is 2.33 bits per heavy atom. The van der Waals surface area contributed by atoms with Crippen LogP contribution in [0.5, 0.6) is 0 Å². The van der Waals surface area contributed by atoms with Crippen LogP contribution in [0.3, 0.4) is 0 Å². The Morgan fingerprint density at radius 2 is 1.72 bits per heavy atom. The second-order valence-electron chi connectivity index (χ2n) is 4.57. The lowest BCUT2D eigenvalue weighted by atomic mass is 9.76. The quantitative estimate of drug-likeness (QED) is 0.838. The molecule has 98 valence electrons. The van der Waals surface area contributed by atoms with Gasteiger partial charge in [-0.15, -0.1) is 0 Å². The number of rotatable bonds is 6. The zero-order valence-electron chi connectivity index (χ0n) is 10.9. The molecule has 2 rings (SSSR count). The molecule has 0 unspecified atom stereocenters. The Hall–Kier alpha value is -1.39. The third-order valence-corrected chi connectivity index (χ3v) is 3.59. The van der Waals surface area contributed by atoms with Crippen LogP contribution >= 0.6 is 0 Å². The lowest BCUT2D eigenvalue weighted by molar-refractivity contribution is -0.122. The number of hydrogen-bond acceptors (Lipinski definition) is 3. The van der Waals surface area contributed by atoms with E-state index in [4.69, 9.17) is 9.47 Å². The molecule has 4 heteroatoms. The molecule has 4 nitrogen and oxygen atoms in total. The van der Waals surface area contributed by atoms with Gasteiger partial charge in [0.05, 0.1) is 5.41 Å². The monoisotopic (exact) mass is 249 g/mol. The number of carbonyl (C=O) groups excluding carboxylic acids is 1. The van der Waals surface area contributed by atoms with Crippen LogP contribution in [0.25, 0.3) is 0 Å². The molecule has 0 saturated carbocycles. The van der Waals surface area contributed by atoms with Crippen molar-refractivity contribution >= 4 is 11.6 Å². The van der Waals surface area contributed by atoms with E-state index < -0.39 is 5.41 Å². The Bertz CT molecular complexity index is 423. The lowest BCUT2D eigenvalue weighted by Gasteiger charge is -2.26. The molecule has 0 spiro atoms. The highest BCUT2D eigenvalue weighted by atomic mass is 16.5. The summed E-state index contributed by atoms with van der Waals surface area (Å²) in [4.78, 5) is 12.3. The summed E-state index contributed by atoms with van der Waals surface area (Å²) in [6.45, 7) is 1.12. The summed E-state index contributed by atoms with van der Waals surface area (Å²) in [5.41, 5.74) is 1.46. The predicted octanol–water partition coefficient (Wildman–Crippen LogP) is 1.95.